The van der Waals surface area contributed by atoms with Crippen LogP contribution in [0.5, 0.6) is 11.5 Å². The van der Waals surface area contributed by atoms with Crippen molar-refractivity contribution in [2.45, 2.75) is 11.8 Å². The fourth-order valence-electron chi connectivity index (χ4n) is 3.09. The number of fused-ring (bicyclic) bond motifs is 1. The number of phenolic OH excluding ortho intramolecular Hbond substituents is 1. The number of hydrogen-bond acceptors (Lipinski definition) is 7. The SMILES string of the molecule is Cc1ccc(OS(=O)(=O)c2ccccc2N=Nc2c(N)ccc3cccc(O)c23)cc1. The average molecular weight is 433 g/mol. The van der Waals surface area contributed by atoms with Gasteiger partial charge in [-0.25, -0.2) is 0 Å². The molecule has 0 aromatic heterocycles. The van der Waals surface area contributed by atoms with E-state index in [0.717, 1.165) is 10.9 Å². The predicted octanol–water partition coefficient (Wildman–Crippen LogP) is 5.62. The van der Waals surface area contributed by atoms with Crippen LogP contribution in [0.1, 0.15) is 5.56 Å². The lowest BCUT2D eigenvalue weighted by atomic mass is 10.1. The Kier molecular flexibility index (Phi) is 5.31. The summed E-state index contributed by atoms with van der Waals surface area (Å²) in [6, 6.07) is 21.2. The Hall–Kier alpha value is -3.91. The van der Waals surface area contributed by atoms with Crippen molar-refractivity contribution in [2.24, 2.45) is 10.2 Å². The molecule has 0 atom stereocenters. The number of aromatic hydroxyl groups is 1. The molecule has 0 bridgehead atoms. The third kappa shape index (κ3) is 4.19. The molecule has 0 aliphatic carbocycles. The molecule has 4 rings (SSSR count). The standard InChI is InChI=1S/C23H19N3O4S/c1-15-9-12-17(13-10-15)30-31(28,29)21-8-3-2-6-19(21)25-26-23-18(24)14-11-16-5-4-7-20(27)22(16)23/h2-14,27H,24H2,1H3. The number of nitrogen functional groups attached to an aromatic ring is 1. The minimum absolute atomic E-state index is 0.00219. The molecule has 0 saturated carbocycles. The Morgan fingerprint density at radius 3 is 2.39 bits per heavy atom. The number of nitrogens with two attached hydrogens (primary N) is 1. The van der Waals surface area contributed by atoms with E-state index in [2.05, 4.69) is 10.2 Å². The van der Waals surface area contributed by atoms with Crippen LogP contribution >= 0.6 is 0 Å². The summed E-state index contributed by atoms with van der Waals surface area (Å²) in [5.41, 5.74) is 7.67. The van der Waals surface area contributed by atoms with Gasteiger partial charge in [0, 0.05) is 0 Å². The highest BCUT2D eigenvalue weighted by Crippen LogP contribution is 2.39. The van der Waals surface area contributed by atoms with Gasteiger partial charge in [0.25, 0.3) is 0 Å². The van der Waals surface area contributed by atoms with Gasteiger partial charge < -0.3 is 15.0 Å². The highest BCUT2D eigenvalue weighted by atomic mass is 32.2. The molecule has 0 aliphatic heterocycles. The number of rotatable bonds is 5. The lowest BCUT2D eigenvalue weighted by Crippen LogP contribution is -2.09. The summed E-state index contributed by atoms with van der Waals surface area (Å²) in [6.45, 7) is 1.89. The summed E-state index contributed by atoms with van der Waals surface area (Å²) in [5.74, 6) is 0.197. The van der Waals surface area contributed by atoms with Crippen molar-refractivity contribution in [1.82, 2.24) is 0 Å². The maximum absolute atomic E-state index is 12.9. The Bertz CT molecular complexity index is 1400. The predicted molar refractivity (Wildman–Crippen MR) is 120 cm³/mol. The normalized spacial score (nSPS) is 11.8. The molecule has 0 aliphatic rings. The van der Waals surface area contributed by atoms with E-state index in [9.17, 15) is 13.5 Å². The van der Waals surface area contributed by atoms with Gasteiger partial charge in [-0.2, -0.15) is 8.42 Å². The van der Waals surface area contributed by atoms with Crippen molar-refractivity contribution in [3.05, 3.63) is 84.4 Å². The number of aryl methyl sites for hydroxylation is 1. The Balaban J connectivity index is 1.75. The number of phenols is 1. The van der Waals surface area contributed by atoms with Gasteiger partial charge in [0.2, 0.25) is 0 Å². The number of nitrogens with zero attached hydrogens (tertiary/aromatic N) is 2. The van der Waals surface area contributed by atoms with Gasteiger partial charge in [-0.05, 0) is 48.7 Å². The topological polar surface area (TPSA) is 114 Å². The van der Waals surface area contributed by atoms with Crippen LogP contribution in [-0.2, 0) is 10.1 Å². The van der Waals surface area contributed by atoms with Crippen molar-refractivity contribution in [3.8, 4) is 11.5 Å². The van der Waals surface area contributed by atoms with Crippen LogP contribution in [0.2, 0.25) is 0 Å². The Morgan fingerprint density at radius 2 is 1.61 bits per heavy atom. The van der Waals surface area contributed by atoms with Gasteiger partial charge in [-0.3, -0.25) is 0 Å². The van der Waals surface area contributed by atoms with E-state index in [0.29, 0.717) is 11.1 Å². The molecular weight excluding hydrogens is 414 g/mol. The second-order valence-electron chi connectivity index (χ2n) is 6.90. The number of benzene rings is 4. The lowest BCUT2D eigenvalue weighted by molar-refractivity contribution is 0.481. The third-order valence-corrected chi connectivity index (χ3v) is 5.94. The molecule has 4 aromatic rings. The molecule has 0 fully saturated rings. The molecule has 0 radical (unpaired) electrons. The van der Waals surface area contributed by atoms with Crippen molar-refractivity contribution >= 4 is 38.0 Å². The van der Waals surface area contributed by atoms with Crippen LogP contribution in [0.3, 0.4) is 0 Å². The minimum atomic E-state index is -4.16. The first kappa shape index (κ1) is 20.4. The first-order valence-corrected chi connectivity index (χ1v) is 10.8. The summed E-state index contributed by atoms with van der Waals surface area (Å²) in [7, 11) is -4.16. The summed E-state index contributed by atoms with van der Waals surface area (Å²) >= 11 is 0. The summed E-state index contributed by atoms with van der Waals surface area (Å²) in [6.07, 6.45) is 0. The van der Waals surface area contributed by atoms with E-state index in [4.69, 9.17) is 9.92 Å². The molecule has 0 saturated heterocycles. The second-order valence-corrected chi connectivity index (χ2v) is 8.41. The van der Waals surface area contributed by atoms with Crippen LogP contribution < -0.4 is 9.92 Å². The van der Waals surface area contributed by atoms with E-state index in [1.807, 2.05) is 6.92 Å². The second kappa shape index (κ2) is 8.08. The van der Waals surface area contributed by atoms with E-state index >= 15 is 0 Å². The van der Waals surface area contributed by atoms with E-state index < -0.39 is 10.1 Å². The van der Waals surface area contributed by atoms with Crippen molar-refractivity contribution in [1.29, 1.82) is 0 Å². The maximum atomic E-state index is 12.9. The third-order valence-electron chi connectivity index (χ3n) is 4.65. The molecule has 0 amide bonds. The number of anilines is 1. The fraction of sp³-hybridized carbons (Fsp3) is 0.0435. The molecule has 4 aromatic carbocycles. The zero-order valence-corrected chi connectivity index (χ0v) is 17.4. The molecule has 156 valence electrons. The van der Waals surface area contributed by atoms with Crippen molar-refractivity contribution < 1.29 is 17.7 Å². The van der Waals surface area contributed by atoms with Crippen LogP contribution in [0.25, 0.3) is 10.8 Å². The van der Waals surface area contributed by atoms with Crippen LogP contribution in [0.4, 0.5) is 17.1 Å². The molecule has 8 heteroatoms. The van der Waals surface area contributed by atoms with Gasteiger partial charge in [0.1, 0.15) is 27.8 Å². The van der Waals surface area contributed by atoms with Crippen LogP contribution in [-0.4, -0.2) is 13.5 Å². The molecule has 0 unspecified atom stereocenters. The van der Waals surface area contributed by atoms with Gasteiger partial charge in [0.05, 0.1) is 11.1 Å². The van der Waals surface area contributed by atoms with Gasteiger partial charge in [0.15, 0.2) is 0 Å². The Morgan fingerprint density at radius 1 is 0.871 bits per heavy atom. The largest absolute Gasteiger partial charge is 0.507 e. The number of hydrogen-bond donors (Lipinski definition) is 2. The quantitative estimate of drug-likeness (QED) is 0.241. The van der Waals surface area contributed by atoms with Gasteiger partial charge >= 0.3 is 10.1 Å². The highest BCUT2D eigenvalue weighted by Gasteiger charge is 2.21. The molecular formula is C23H19N3O4S. The van der Waals surface area contributed by atoms with Crippen LogP contribution in [0, 0.1) is 6.92 Å². The minimum Gasteiger partial charge on any atom is -0.507 e. The summed E-state index contributed by atoms with van der Waals surface area (Å²) in [5, 5.41) is 19.7. The van der Waals surface area contributed by atoms with Crippen LogP contribution in [0.15, 0.2) is 94.0 Å². The first-order chi connectivity index (χ1) is 14.8. The Labute approximate surface area is 179 Å². The lowest BCUT2D eigenvalue weighted by Gasteiger charge is -2.09. The molecule has 31 heavy (non-hydrogen) atoms. The zero-order chi connectivity index (χ0) is 22.0. The average Bonchev–Trinajstić information content (AvgIpc) is 2.75. The van der Waals surface area contributed by atoms with Gasteiger partial charge in [-0.1, -0.05) is 48.0 Å². The van der Waals surface area contributed by atoms with E-state index in [1.54, 1.807) is 60.7 Å². The molecule has 3 N–H and O–H groups in total. The zero-order valence-electron chi connectivity index (χ0n) is 16.6. The number of azo groups is 1. The fourth-order valence-corrected chi connectivity index (χ4v) is 4.15. The monoisotopic (exact) mass is 433 g/mol. The highest BCUT2D eigenvalue weighted by molar-refractivity contribution is 7.87. The van der Waals surface area contributed by atoms with Crippen molar-refractivity contribution in [2.75, 3.05) is 5.73 Å². The van der Waals surface area contributed by atoms with Crippen molar-refractivity contribution in [3.63, 3.8) is 0 Å². The first-order valence-electron chi connectivity index (χ1n) is 9.37. The molecule has 0 heterocycles. The smallest absolute Gasteiger partial charge is 0.341 e. The van der Waals surface area contributed by atoms with E-state index in [-0.39, 0.29) is 27.8 Å². The van der Waals surface area contributed by atoms with Gasteiger partial charge in [-0.15, -0.1) is 10.2 Å². The molecule has 7 nitrogen and oxygen atoms in total. The van der Waals surface area contributed by atoms with E-state index in [1.165, 1.54) is 18.2 Å². The molecule has 0 spiro atoms. The summed E-state index contributed by atoms with van der Waals surface area (Å²) < 4.78 is 31.0. The summed E-state index contributed by atoms with van der Waals surface area (Å²) in [4.78, 5) is -0.137. The maximum Gasteiger partial charge on any atom is 0.341 e.